The van der Waals surface area contributed by atoms with Crippen molar-refractivity contribution >= 4 is 5.57 Å². The van der Waals surface area contributed by atoms with Gasteiger partial charge in [0, 0.05) is 0 Å². The van der Waals surface area contributed by atoms with Gasteiger partial charge in [-0.15, -0.1) is 0 Å². The standard InChI is InChI=1S/C14H16/c1-5-12(4)14(11(2)3)13-9-7-6-8-10-13/h5-10H,1-2H2,3-4H3/b14-12+. The minimum atomic E-state index is 1.08. The first-order valence-electron chi connectivity index (χ1n) is 4.71. The van der Waals surface area contributed by atoms with Crippen molar-refractivity contribution in [3.63, 3.8) is 0 Å². The summed E-state index contributed by atoms with van der Waals surface area (Å²) in [6.07, 6.45) is 1.87. The number of allylic oxidation sites excluding steroid dienone is 4. The third-order valence-electron chi connectivity index (χ3n) is 2.19. The Labute approximate surface area is 86.3 Å². The molecule has 0 atom stereocenters. The zero-order valence-corrected chi connectivity index (χ0v) is 8.88. The zero-order valence-electron chi connectivity index (χ0n) is 8.88. The van der Waals surface area contributed by atoms with Crippen LogP contribution < -0.4 is 0 Å². The van der Waals surface area contributed by atoms with Gasteiger partial charge in [-0.05, 0) is 30.6 Å². The molecule has 1 aromatic carbocycles. The molecule has 0 fully saturated rings. The van der Waals surface area contributed by atoms with Crippen molar-refractivity contribution in [2.45, 2.75) is 13.8 Å². The Morgan fingerprint density at radius 2 is 1.71 bits per heavy atom. The van der Waals surface area contributed by atoms with E-state index in [0.29, 0.717) is 0 Å². The van der Waals surface area contributed by atoms with E-state index in [1.807, 2.05) is 31.2 Å². The molecule has 1 rings (SSSR count). The highest BCUT2D eigenvalue weighted by Crippen LogP contribution is 2.25. The zero-order chi connectivity index (χ0) is 10.6. The Morgan fingerprint density at radius 1 is 1.14 bits per heavy atom. The summed E-state index contributed by atoms with van der Waals surface area (Å²) in [5.41, 5.74) is 4.65. The van der Waals surface area contributed by atoms with Gasteiger partial charge < -0.3 is 0 Å². The highest BCUT2D eigenvalue weighted by atomic mass is 14.1. The van der Waals surface area contributed by atoms with Crippen LogP contribution in [-0.4, -0.2) is 0 Å². The molecule has 72 valence electrons. The minimum absolute atomic E-state index is 1.08. The summed E-state index contributed by atoms with van der Waals surface area (Å²) in [4.78, 5) is 0. The van der Waals surface area contributed by atoms with Crippen LogP contribution in [0.5, 0.6) is 0 Å². The summed E-state index contributed by atoms with van der Waals surface area (Å²) in [5.74, 6) is 0. The van der Waals surface area contributed by atoms with E-state index in [0.717, 1.165) is 5.57 Å². The van der Waals surface area contributed by atoms with Gasteiger partial charge in [-0.1, -0.05) is 55.1 Å². The quantitative estimate of drug-likeness (QED) is 0.617. The smallest absolute Gasteiger partial charge is 0.0132 e. The van der Waals surface area contributed by atoms with Gasteiger partial charge in [0.05, 0.1) is 0 Å². The maximum atomic E-state index is 4.00. The molecule has 1 aromatic rings. The summed E-state index contributed by atoms with van der Waals surface area (Å²) in [7, 11) is 0. The third kappa shape index (κ3) is 2.23. The van der Waals surface area contributed by atoms with Crippen LogP contribution in [0.2, 0.25) is 0 Å². The maximum Gasteiger partial charge on any atom is -0.0132 e. The SMILES string of the molecule is C=C/C(C)=C(\C(=C)C)c1ccccc1. The van der Waals surface area contributed by atoms with Crippen molar-refractivity contribution in [1.29, 1.82) is 0 Å². The fourth-order valence-corrected chi connectivity index (χ4v) is 1.52. The van der Waals surface area contributed by atoms with E-state index >= 15 is 0 Å². The molecule has 0 saturated carbocycles. The van der Waals surface area contributed by atoms with Crippen LogP contribution >= 0.6 is 0 Å². The molecule has 0 aliphatic rings. The molecule has 0 aliphatic heterocycles. The van der Waals surface area contributed by atoms with Crippen LogP contribution in [0.4, 0.5) is 0 Å². The van der Waals surface area contributed by atoms with Crippen molar-refractivity contribution in [3.8, 4) is 0 Å². The predicted octanol–water partition coefficient (Wildman–Crippen LogP) is 4.22. The van der Waals surface area contributed by atoms with Crippen LogP contribution in [-0.2, 0) is 0 Å². The summed E-state index contributed by atoms with van der Waals surface area (Å²) in [6.45, 7) is 11.9. The third-order valence-corrected chi connectivity index (χ3v) is 2.19. The van der Waals surface area contributed by atoms with Crippen LogP contribution in [0.3, 0.4) is 0 Å². The number of rotatable bonds is 3. The van der Waals surface area contributed by atoms with Crippen molar-refractivity contribution < 1.29 is 0 Å². The van der Waals surface area contributed by atoms with Gasteiger partial charge >= 0.3 is 0 Å². The van der Waals surface area contributed by atoms with Crippen LogP contribution in [0.15, 0.2) is 60.7 Å². The van der Waals surface area contributed by atoms with Gasteiger partial charge in [0.1, 0.15) is 0 Å². The van der Waals surface area contributed by atoms with E-state index in [-0.39, 0.29) is 0 Å². The number of hydrogen-bond acceptors (Lipinski definition) is 0. The summed E-state index contributed by atoms with van der Waals surface area (Å²) >= 11 is 0. The average Bonchev–Trinajstić information content (AvgIpc) is 2.19. The monoisotopic (exact) mass is 184 g/mol. The normalized spacial score (nSPS) is 11.9. The first-order valence-corrected chi connectivity index (χ1v) is 4.71. The van der Waals surface area contributed by atoms with Crippen LogP contribution in [0.25, 0.3) is 5.57 Å². The topological polar surface area (TPSA) is 0 Å². The molecular formula is C14H16. The minimum Gasteiger partial charge on any atom is -0.0988 e. The largest absolute Gasteiger partial charge is 0.0988 e. The van der Waals surface area contributed by atoms with Crippen molar-refractivity contribution in [3.05, 3.63) is 66.3 Å². The van der Waals surface area contributed by atoms with Gasteiger partial charge in [0.15, 0.2) is 0 Å². The fraction of sp³-hybridized carbons (Fsp3) is 0.143. The first-order chi connectivity index (χ1) is 6.66. The predicted molar refractivity (Wildman–Crippen MR) is 64.0 cm³/mol. The molecule has 0 N–H and O–H groups in total. The first kappa shape index (κ1) is 10.5. The lowest BCUT2D eigenvalue weighted by molar-refractivity contribution is 1.44. The summed E-state index contributed by atoms with van der Waals surface area (Å²) in [6, 6.07) is 10.3. The maximum absolute atomic E-state index is 4.00. The van der Waals surface area contributed by atoms with Crippen molar-refractivity contribution in [2.24, 2.45) is 0 Å². The second kappa shape index (κ2) is 4.61. The molecular weight excluding hydrogens is 168 g/mol. The molecule has 0 unspecified atom stereocenters. The van der Waals surface area contributed by atoms with Gasteiger partial charge in [0.2, 0.25) is 0 Å². The summed E-state index contributed by atoms with van der Waals surface area (Å²) in [5, 5.41) is 0. The Balaban J connectivity index is 3.28. The molecule has 0 aromatic heterocycles. The Bertz CT molecular complexity index is 366. The molecule has 0 heteroatoms. The molecule has 0 heterocycles. The van der Waals surface area contributed by atoms with Crippen LogP contribution in [0.1, 0.15) is 19.4 Å². The van der Waals surface area contributed by atoms with E-state index in [4.69, 9.17) is 0 Å². The van der Waals surface area contributed by atoms with Gasteiger partial charge in [-0.25, -0.2) is 0 Å². The van der Waals surface area contributed by atoms with E-state index in [1.54, 1.807) is 0 Å². The molecule has 0 radical (unpaired) electrons. The van der Waals surface area contributed by atoms with Gasteiger partial charge in [-0.3, -0.25) is 0 Å². The molecule has 0 spiro atoms. The van der Waals surface area contributed by atoms with Crippen molar-refractivity contribution in [1.82, 2.24) is 0 Å². The molecule has 14 heavy (non-hydrogen) atoms. The van der Waals surface area contributed by atoms with E-state index in [9.17, 15) is 0 Å². The highest BCUT2D eigenvalue weighted by Gasteiger charge is 2.03. The number of hydrogen-bond donors (Lipinski definition) is 0. The van der Waals surface area contributed by atoms with Crippen molar-refractivity contribution in [2.75, 3.05) is 0 Å². The van der Waals surface area contributed by atoms with E-state index in [1.165, 1.54) is 16.7 Å². The van der Waals surface area contributed by atoms with Gasteiger partial charge in [-0.2, -0.15) is 0 Å². The number of benzene rings is 1. The molecule has 0 nitrogen and oxygen atoms in total. The lowest BCUT2D eigenvalue weighted by Crippen LogP contribution is -1.88. The van der Waals surface area contributed by atoms with E-state index < -0.39 is 0 Å². The summed E-state index contributed by atoms with van der Waals surface area (Å²) < 4.78 is 0. The Hall–Kier alpha value is -1.56. The van der Waals surface area contributed by atoms with Crippen LogP contribution in [0, 0.1) is 0 Å². The lowest BCUT2D eigenvalue weighted by Gasteiger charge is -2.09. The second-order valence-electron chi connectivity index (χ2n) is 3.41. The lowest BCUT2D eigenvalue weighted by atomic mass is 9.95. The van der Waals surface area contributed by atoms with E-state index in [2.05, 4.69) is 32.2 Å². The molecule has 0 saturated heterocycles. The molecule has 0 aliphatic carbocycles. The average molecular weight is 184 g/mol. The fourth-order valence-electron chi connectivity index (χ4n) is 1.52. The highest BCUT2D eigenvalue weighted by molar-refractivity contribution is 5.81. The second-order valence-corrected chi connectivity index (χ2v) is 3.41. The molecule has 0 amide bonds. The van der Waals surface area contributed by atoms with Gasteiger partial charge in [0.25, 0.3) is 0 Å². The Kier molecular flexibility index (Phi) is 3.47. The molecule has 0 bridgehead atoms. The Morgan fingerprint density at radius 3 is 2.14 bits per heavy atom.